The molecule has 1 aliphatic carbocycles. The minimum Gasteiger partial charge on any atom is -0.497 e. The lowest BCUT2D eigenvalue weighted by atomic mass is 9.98. The number of Topliss-reactive ketones (excluding diaryl/α,β-unsaturated/α-hetero) is 1. The van der Waals surface area contributed by atoms with Gasteiger partial charge in [-0.15, -0.1) is 0 Å². The van der Waals surface area contributed by atoms with Crippen molar-refractivity contribution < 1.29 is 9.53 Å². The van der Waals surface area contributed by atoms with Crippen molar-refractivity contribution in [2.75, 3.05) is 20.7 Å². The molecule has 0 heterocycles. The summed E-state index contributed by atoms with van der Waals surface area (Å²) in [7, 11) is 3.78. The van der Waals surface area contributed by atoms with Gasteiger partial charge in [0.15, 0.2) is 0 Å². The van der Waals surface area contributed by atoms with Crippen LogP contribution >= 0.6 is 0 Å². The molecule has 1 unspecified atom stereocenters. The van der Waals surface area contributed by atoms with E-state index in [1.54, 1.807) is 7.11 Å². The van der Waals surface area contributed by atoms with Crippen LogP contribution in [0.2, 0.25) is 0 Å². The number of methoxy groups -OCH3 is 1. The predicted octanol–water partition coefficient (Wildman–Crippen LogP) is 3.28. The third-order valence-electron chi connectivity index (χ3n) is 4.05. The number of carbonyl (C=O) groups excluding carboxylic acids is 1. The first-order valence-corrected chi connectivity index (χ1v) is 7.53. The average molecular weight is 275 g/mol. The summed E-state index contributed by atoms with van der Waals surface area (Å²) in [5.41, 5.74) is 1.23. The number of hydrogen-bond acceptors (Lipinski definition) is 3. The van der Waals surface area contributed by atoms with Crippen molar-refractivity contribution in [1.29, 1.82) is 0 Å². The summed E-state index contributed by atoms with van der Waals surface area (Å²) in [6, 6.07) is 8.14. The number of benzene rings is 1. The Morgan fingerprint density at radius 3 is 2.95 bits per heavy atom. The van der Waals surface area contributed by atoms with Crippen LogP contribution in [0.3, 0.4) is 0 Å². The SMILES string of the molecule is COc1cccc(CN(C)CC2CCCCCC2=O)c1. The van der Waals surface area contributed by atoms with Crippen molar-refractivity contribution in [3.05, 3.63) is 29.8 Å². The highest BCUT2D eigenvalue weighted by Crippen LogP contribution is 2.21. The fourth-order valence-electron chi connectivity index (χ4n) is 2.95. The third-order valence-corrected chi connectivity index (χ3v) is 4.05. The molecule has 0 saturated heterocycles. The first-order valence-electron chi connectivity index (χ1n) is 7.53. The van der Waals surface area contributed by atoms with Crippen molar-refractivity contribution in [3.63, 3.8) is 0 Å². The Labute approximate surface area is 121 Å². The lowest BCUT2D eigenvalue weighted by molar-refractivity contribution is -0.123. The van der Waals surface area contributed by atoms with Crippen LogP contribution in [0.1, 0.15) is 37.7 Å². The molecule has 1 aromatic carbocycles. The maximum atomic E-state index is 12.1. The zero-order valence-corrected chi connectivity index (χ0v) is 12.6. The smallest absolute Gasteiger partial charge is 0.137 e. The molecule has 0 aliphatic heterocycles. The number of nitrogens with zero attached hydrogens (tertiary/aromatic N) is 1. The van der Waals surface area contributed by atoms with Crippen LogP contribution < -0.4 is 4.74 Å². The normalized spacial score (nSPS) is 19.9. The van der Waals surface area contributed by atoms with E-state index in [0.29, 0.717) is 5.78 Å². The fraction of sp³-hybridized carbons (Fsp3) is 0.588. The molecule has 0 spiro atoms. The summed E-state index contributed by atoms with van der Waals surface area (Å²) < 4.78 is 5.25. The van der Waals surface area contributed by atoms with Crippen molar-refractivity contribution in [3.8, 4) is 5.75 Å². The Balaban J connectivity index is 1.90. The Morgan fingerprint density at radius 2 is 2.15 bits per heavy atom. The van der Waals surface area contributed by atoms with E-state index in [9.17, 15) is 4.79 Å². The van der Waals surface area contributed by atoms with E-state index < -0.39 is 0 Å². The van der Waals surface area contributed by atoms with Gasteiger partial charge in [0.2, 0.25) is 0 Å². The summed E-state index contributed by atoms with van der Waals surface area (Å²) >= 11 is 0. The van der Waals surface area contributed by atoms with Gasteiger partial charge < -0.3 is 9.64 Å². The molecule has 0 radical (unpaired) electrons. The Kier molecular flexibility index (Phi) is 5.60. The molecule has 1 aromatic rings. The molecule has 0 N–H and O–H groups in total. The second-order valence-corrected chi connectivity index (χ2v) is 5.81. The number of rotatable bonds is 5. The first-order chi connectivity index (χ1) is 9.69. The van der Waals surface area contributed by atoms with E-state index in [4.69, 9.17) is 4.74 Å². The van der Waals surface area contributed by atoms with Crippen LogP contribution in [0, 0.1) is 5.92 Å². The predicted molar refractivity (Wildman–Crippen MR) is 80.9 cm³/mol. The van der Waals surface area contributed by atoms with Gasteiger partial charge in [-0.3, -0.25) is 4.79 Å². The van der Waals surface area contributed by atoms with Crippen LogP contribution in [0.25, 0.3) is 0 Å². The quantitative estimate of drug-likeness (QED) is 0.772. The summed E-state index contributed by atoms with van der Waals surface area (Å²) in [6.07, 6.45) is 5.32. The summed E-state index contributed by atoms with van der Waals surface area (Å²) in [4.78, 5) is 14.3. The van der Waals surface area contributed by atoms with E-state index in [2.05, 4.69) is 24.1 Å². The lowest BCUT2D eigenvalue weighted by Crippen LogP contribution is -2.29. The molecule has 3 nitrogen and oxygen atoms in total. The maximum Gasteiger partial charge on any atom is 0.137 e. The molecule has 1 atom stereocenters. The highest BCUT2D eigenvalue weighted by atomic mass is 16.5. The van der Waals surface area contributed by atoms with E-state index in [1.807, 2.05) is 12.1 Å². The van der Waals surface area contributed by atoms with Gasteiger partial charge in [-0.2, -0.15) is 0 Å². The van der Waals surface area contributed by atoms with Gasteiger partial charge in [0.25, 0.3) is 0 Å². The highest BCUT2D eigenvalue weighted by molar-refractivity contribution is 5.81. The topological polar surface area (TPSA) is 29.5 Å². The number of ketones is 1. The maximum absolute atomic E-state index is 12.1. The fourth-order valence-corrected chi connectivity index (χ4v) is 2.95. The molecule has 20 heavy (non-hydrogen) atoms. The number of carbonyl (C=O) groups is 1. The van der Waals surface area contributed by atoms with Gasteiger partial charge in [-0.25, -0.2) is 0 Å². The molecular weight excluding hydrogens is 250 g/mol. The largest absolute Gasteiger partial charge is 0.497 e. The molecule has 2 rings (SSSR count). The van der Waals surface area contributed by atoms with Gasteiger partial charge in [0.1, 0.15) is 11.5 Å². The van der Waals surface area contributed by atoms with Crippen molar-refractivity contribution in [2.24, 2.45) is 5.92 Å². The zero-order valence-electron chi connectivity index (χ0n) is 12.6. The summed E-state index contributed by atoms with van der Waals surface area (Å²) in [5, 5.41) is 0. The van der Waals surface area contributed by atoms with Gasteiger partial charge >= 0.3 is 0 Å². The Bertz CT molecular complexity index is 444. The number of ether oxygens (including phenoxy) is 1. The summed E-state index contributed by atoms with van der Waals surface area (Å²) in [6.45, 7) is 1.73. The van der Waals surface area contributed by atoms with Crippen LogP contribution in [-0.4, -0.2) is 31.4 Å². The monoisotopic (exact) mass is 275 g/mol. The lowest BCUT2D eigenvalue weighted by Gasteiger charge is -2.22. The van der Waals surface area contributed by atoms with Gasteiger partial charge in [0, 0.05) is 25.4 Å². The molecule has 3 heteroatoms. The standard InChI is InChI=1S/C17H25NO2/c1-18(12-14-7-6-9-16(11-14)20-2)13-15-8-4-3-5-10-17(15)19/h6-7,9,11,15H,3-5,8,10,12-13H2,1-2H3. The van der Waals surface area contributed by atoms with Gasteiger partial charge in [-0.1, -0.05) is 25.0 Å². The summed E-state index contributed by atoms with van der Waals surface area (Å²) in [5.74, 6) is 1.58. The Morgan fingerprint density at radius 1 is 1.30 bits per heavy atom. The van der Waals surface area contributed by atoms with E-state index in [1.165, 1.54) is 18.4 Å². The Hall–Kier alpha value is -1.35. The van der Waals surface area contributed by atoms with Gasteiger partial charge in [-0.05, 0) is 37.6 Å². The van der Waals surface area contributed by atoms with Crippen LogP contribution in [0.15, 0.2) is 24.3 Å². The molecular formula is C17H25NO2. The number of hydrogen-bond donors (Lipinski definition) is 0. The van der Waals surface area contributed by atoms with E-state index in [0.717, 1.165) is 38.1 Å². The second-order valence-electron chi connectivity index (χ2n) is 5.81. The van der Waals surface area contributed by atoms with Crippen LogP contribution in [-0.2, 0) is 11.3 Å². The minimum atomic E-state index is 0.230. The highest BCUT2D eigenvalue weighted by Gasteiger charge is 2.21. The molecule has 0 bridgehead atoms. The molecule has 0 amide bonds. The average Bonchev–Trinajstić information content (AvgIpc) is 2.64. The van der Waals surface area contributed by atoms with Crippen molar-refractivity contribution in [2.45, 2.75) is 38.6 Å². The zero-order chi connectivity index (χ0) is 14.4. The molecule has 0 aromatic heterocycles. The van der Waals surface area contributed by atoms with Crippen LogP contribution in [0.4, 0.5) is 0 Å². The van der Waals surface area contributed by atoms with Gasteiger partial charge in [0.05, 0.1) is 7.11 Å². The third kappa shape index (κ3) is 4.34. The minimum absolute atomic E-state index is 0.230. The molecule has 1 aliphatic rings. The van der Waals surface area contributed by atoms with E-state index >= 15 is 0 Å². The molecule has 1 fully saturated rings. The molecule has 1 saturated carbocycles. The molecule has 110 valence electrons. The second kappa shape index (κ2) is 7.44. The van der Waals surface area contributed by atoms with Crippen molar-refractivity contribution in [1.82, 2.24) is 4.90 Å². The van der Waals surface area contributed by atoms with E-state index in [-0.39, 0.29) is 5.92 Å². The first kappa shape index (κ1) is 15.0. The van der Waals surface area contributed by atoms with Crippen LogP contribution in [0.5, 0.6) is 5.75 Å². The van der Waals surface area contributed by atoms with Crippen molar-refractivity contribution >= 4 is 5.78 Å².